The highest BCUT2D eigenvalue weighted by molar-refractivity contribution is 5.79. The van der Waals surface area contributed by atoms with Crippen molar-refractivity contribution in [3.8, 4) is 0 Å². The van der Waals surface area contributed by atoms with Crippen molar-refractivity contribution in [2.24, 2.45) is 11.7 Å². The predicted molar refractivity (Wildman–Crippen MR) is 68.6 cm³/mol. The number of carbonyl (C=O) groups excluding carboxylic acids is 1. The topological polar surface area (TPSA) is 58.4 Å². The largest absolute Gasteiger partial charge is 0.353 e. The van der Waals surface area contributed by atoms with Crippen molar-refractivity contribution in [3.63, 3.8) is 0 Å². The molecule has 0 radical (unpaired) electrons. The predicted octanol–water partition coefficient (Wildman–Crippen LogP) is 0.714. The van der Waals surface area contributed by atoms with E-state index in [4.69, 9.17) is 5.73 Å². The molecular weight excluding hydrogens is 214 g/mol. The van der Waals surface area contributed by atoms with Gasteiger partial charge < -0.3 is 16.0 Å². The molecule has 1 saturated heterocycles. The number of amides is 1. The van der Waals surface area contributed by atoms with Gasteiger partial charge in [-0.25, -0.2) is 0 Å². The summed E-state index contributed by atoms with van der Waals surface area (Å²) in [7, 11) is 2.14. The van der Waals surface area contributed by atoms with Gasteiger partial charge in [0.25, 0.3) is 0 Å². The van der Waals surface area contributed by atoms with Crippen LogP contribution in [0.2, 0.25) is 0 Å². The molecule has 4 heteroatoms. The standard InChI is InChI=1S/C13H25N3O/c1-16-8-6-12(7-9-16)15-13(17)10-2-4-11(14)5-3-10/h10-12H,2-9,14H2,1H3,(H,15,17). The minimum absolute atomic E-state index is 0.217. The zero-order chi connectivity index (χ0) is 12.3. The molecule has 0 unspecified atom stereocenters. The molecule has 1 aliphatic carbocycles. The quantitative estimate of drug-likeness (QED) is 0.746. The summed E-state index contributed by atoms with van der Waals surface area (Å²) < 4.78 is 0. The fourth-order valence-corrected chi connectivity index (χ4v) is 2.85. The van der Waals surface area contributed by atoms with E-state index in [2.05, 4.69) is 17.3 Å². The molecule has 17 heavy (non-hydrogen) atoms. The maximum Gasteiger partial charge on any atom is 0.223 e. The first kappa shape index (κ1) is 12.8. The van der Waals surface area contributed by atoms with Gasteiger partial charge in [-0.1, -0.05) is 0 Å². The third-order valence-corrected chi connectivity index (χ3v) is 4.21. The first-order valence-corrected chi connectivity index (χ1v) is 6.89. The number of rotatable bonds is 2. The summed E-state index contributed by atoms with van der Waals surface area (Å²) in [5.41, 5.74) is 5.86. The molecule has 0 aromatic carbocycles. The number of nitrogens with one attached hydrogen (secondary N) is 1. The fraction of sp³-hybridized carbons (Fsp3) is 0.923. The number of likely N-dealkylation sites (tertiary alicyclic amines) is 1. The average molecular weight is 239 g/mol. The van der Waals surface area contributed by atoms with Crippen molar-refractivity contribution in [2.75, 3.05) is 20.1 Å². The van der Waals surface area contributed by atoms with E-state index in [0.717, 1.165) is 51.6 Å². The number of nitrogens with two attached hydrogens (primary N) is 1. The Kier molecular flexibility index (Phi) is 4.40. The zero-order valence-electron chi connectivity index (χ0n) is 10.8. The Bertz CT molecular complexity index is 253. The van der Waals surface area contributed by atoms with Crippen LogP contribution in [0.4, 0.5) is 0 Å². The molecule has 1 aliphatic heterocycles. The highest BCUT2D eigenvalue weighted by Gasteiger charge is 2.27. The summed E-state index contributed by atoms with van der Waals surface area (Å²) >= 11 is 0. The lowest BCUT2D eigenvalue weighted by molar-refractivity contribution is -0.127. The Labute approximate surface area is 104 Å². The van der Waals surface area contributed by atoms with Crippen LogP contribution in [0, 0.1) is 5.92 Å². The van der Waals surface area contributed by atoms with Crippen LogP contribution in [-0.4, -0.2) is 43.0 Å². The van der Waals surface area contributed by atoms with Gasteiger partial charge in [-0.3, -0.25) is 4.79 Å². The molecule has 1 amide bonds. The normalized spacial score (nSPS) is 32.4. The number of nitrogens with zero attached hydrogens (tertiary/aromatic N) is 1. The Morgan fingerprint density at radius 3 is 2.29 bits per heavy atom. The third kappa shape index (κ3) is 3.68. The van der Waals surface area contributed by atoms with Crippen LogP contribution < -0.4 is 11.1 Å². The number of piperidine rings is 1. The smallest absolute Gasteiger partial charge is 0.223 e. The van der Waals surface area contributed by atoms with Gasteiger partial charge in [0.15, 0.2) is 0 Å². The van der Waals surface area contributed by atoms with Crippen LogP contribution in [0.25, 0.3) is 0 Å². The molecule has 2 fully saturated rings. The molecule has 3 N–H and O–H groups in total. The lowest BCUT2D eigenvalue weighted by Crippen LogP contribution is -2.46. The second-order valence-electron chi connectivity index (χ2n) is 5.70. The molecular formula is C13H25N3O. The first-order valence-electron chi connectivity index (χ1n) is 6.89. The van der Waals surface area contributed by atoms with E-state index in [0.29, 0.717) is 12.1 Å². The van der Waals surface area contributed by atoms with E-state index in [1.807, 2.05) is 0 Å². The maximum absolute atomic E-state index is 12.1. The van der Waals surface area contributed by atoms with Crippen LogP contribution in [0.1, 0.15) is 38.5 Å². The highest BCUT2D eigenvalue weighted by Crippen LogP contribution is 2.23. The molecule has 0 atom stereocenters. The van der Waals surface area contributed by atoms with E-state index in [1.54, 1.807) is 0 Å². The maximum atomic E-state index is 12.1. The van der Waals surface area contributed by atoms with Gasteiger partial charge in [0.05, 0.1) is 0 Å². The molecule has 0 spiro atoms. The van der Waals surface area contributed by atoms with E-state index in [-0.39, 0.29) is 11.8 Å². The highest BCUT2D eigenvalue weighted by atomic mass is 16.1. The van der Waals surface area contributed by atoms with Crippen molar-refractivity contribution in [2.45, 2.75) is 50.6 Å². The van der Waals surface area contributed by atoms with Crippen molar-refractivity contribution < 1.29 is 4.79 Å². The molecule has 0 aromatic heterocycles. The number of hydrogen-bond acceptors (Lipinski definition) is 3. The minimum Gasteiger partial charge on any atom is -0.353 e. The van der Waals surface area contributed by atoms with E-state index in [1.165, 1.54) is 0 Å². The molecule has 2 aliphatic rings. The molecule has 1 heterocycles. The van der Waals surface area contributed by atoms with Gasteiger partial charge in [-0.15, -0.1) is 0 Å². The number of carbonyl (C=O) groups is 1. The summed E-state index contributed by atoms with van der Waals surface area (Å²) in [5, 5.41) is 3.22. The van der Waals surface area contributed by atoms with Crippen LogP contribution in [0.5, 0.6) is 0 Å². The Hall–Kier alpha value is -0.610. The van der Waals surface area contributed by atoms with Crippen molar-refractivity contribution in [1.82, 2.24) is 10.2 Å². The van der Waals surface area contributed by atoms with Crippen LogP contribution in [0.15, 0.2) is 0 Å². The van der Waals surface area contributed by atoms with E-state index < -0.39 is 0 Å². The Morgan fingerprint density at radius 2 is 1.71 bits per heavy atom. The van der Waals surface area contributed by atoms with Gasteiger partial charge in [-0.05, 0) is 58.7 Å². The van der Waals surface area contributed by atoms with Crippen LogP contribution in [0.3, 0.4) is 0 Å². The van der Waals surface area contributed by atoms with Crippen LogP contribution >= 0.6 is 0 Å². The molecule has 1 saturated carbocycles. The number of hydrogen-bond donors (Lipinski definition) is 2. The average Bonchev–Trinajstić information content (AvgIpc) is 2.33. The van der Waals surface area contributed by atoms with E-state index in [9.17, 15) is 4.79 Å². The van der Waals surface area contributed by atoms with Gasteiger partial charge in [0, 0.05) is 18.0 Å². The fourth-order valence-electron chi connectivity index (χ4n) is 2.85. The van der Waals surface area contributed by atoms with Crippen molar-refractivity contribution >= 4 is 5.91 Å². The lowest BCUT2D eigenvalue weighted by Gasteiger charge is -2.32. The lowest BCUT2D eigenvalue weighted by atomic mass is 9.85. The van der Waals surface area contributed by atoms with Gasteiger partial charge in [0.2, 0.25) is 5.91 Å². The molecule has 2 rings (SSSR count). The Balaban J connectivity index is 1.73. The van der Waals surface area contributed by atoms with Crippen molar-refractivity contribution in [3.05, 3.63) is 0 Å². The van der Waals surface area contributed by atoms with Crippen LogP contribution in [-0.2, 0) is 4.79 Å². The van der Waals surface area contributed by atoms with Gasteiger partial charge in [0.1, 0.15) is 0 Å². The first-order chi connectivity index (χ1) is 8.15. The minimum atomic E-state index is 0.217. The van der Waals surface area contributed by atoms with Gasteiger partial charge >= 0.3 is 0 Å². The SMILES string of the molecule is CN1CCC(NC(=O)C2CCC(N)CC2)CC1. The summed E-state index contributed by atoms with van der Waals surface area (Å²) in [6.07, 6.45) is 6.14. The Morgan fingerprint density at radius 1 is 1.12 bits per heavy atom. The molecule has 98 valence electrons. The zero-order valence-corrected chi connectivity index (χ0v) is 10.8. The summed E-state index contributed by atoms with van der Waals surface area (Å²) in [6.45, 7) is 2.20. The molecule has 0 bridgehead atoms. The third-order valence-electron chi connectivity index (χ3n) is 4.21. The van der Waals surface area contributed by atoms with E-state index >= 15 is 0 Å². The van der Waals surface area contributed by atoms with Gasteiger partial charge in [-0.2, -0.15) is 0 Å². The monoisotopic (exact) mass is 239 g/mol. The second kappa shape index (κ2) is 5.83. The second-order valence-corrected chi connectivity index (χ2v) is 5.70. The summed E-state index contributed by atoms with van der Waals surface area (Å²) in [4.78, 5) is 14.4. The molecule has 4 nitrogen and oxygen atoms in total. The molecule has 0 aromatic rings. The summed E-state index contributed by atoms with van der Waals surface area (Å²) in [6, 6.07) is 0.719. The van der Waals surface area contributed by atoms with Crippen molar-refractivity contribution in [1.29, 1.82) is 0 Å². The summed E-state index contributed by atoms with van der Waals surface area (Å²) in [5.74, 6) is 0.487.